The van der Waals surface area contributed by atoms with E-state index in [1.807, 2.05) is 24.7 Å². The Kier molecular flexibility index (Phi) is 5.04. The molecule has 0 bridgehead atoms. The van der Waals surface area contributed by atoms with E-state index in [1.54, 1.807) is 7.11 Å². The second kappa shape index (κ2) is 7.85. The molecule has 2 aliphatic heterocycles. The fourth-order valence-electron chi connectivity index (χ4n) is 5.33. The number of carbonyl (C=O) groups excluding carboxylic acids is 1. The first-order valence-electron chi connectivity index (χ1n) is 10.7. The van der Waals surface area contributed by atoms with Gasteiger partial charge in [-0.3, -0.25) is 9.69 Å². The van der Waals surface area contributed by atoms with E-state index in [0.717, 1.165) is 55.4 Å². The van der Waals surface area contributed by atoms with Gasteiger partial charge in [-0.2, -0.15) is 0 Å². The SMILES string of the molecule is COCC1CC(C(N)=O)N(C2CCN(c3cc[nH]c4cnc5nccc5c34)CC2)C1. The van der Waals surface area contributed by atoms with Gasteiger partial charge in [-0.05, 0) is 37.3 Å². The van der Waals surface area contributed by atoms with E-state index in [9.17, 15) is 4.79 Å². The number of fused-ring (bicyclic) bond motifs is 3. The van der Waals surface area contributed by atoms with Gasteiger partial charge in [0.05, 0.1) is 24.4 Å². The Morgan fingerprint density at radius 1 is 1.30 bits per heavy atom. The number of ether oxygens (including phenoxy) is 1. The summed E-state index contributed by atoms with van der Waals surface area (Å²) in [6, 6.07) is 4.39. The molecule has 2 aliphatic rings. The maximum absolute atomic E-state index is 12.0. The lowest BCUT2D eigenvalue weighted by Crippen LogP contribution is -2.50. The van der Waals surface area contributed by atoms with Crippen molar-refractivity contribution in [2.24, 2.45) is 11.7 Å². The Hall–Kier alpha value is -2.71. The zero-order valence-corrected chi connectivity index (χ0v) is 17.3. The summed E-state index contributed by atoms with van der Waals surface area (Å²) < 4.78 is 5.33. The zero-order valence-electron chi connectivity index (χ0n) is 17.3. The zero-order chi connectivity index (χ0) is 20.7. The number of primary amides is 1. The number of aromatic nitrogens is 3. The highest BCUT2D eigenvalue weighted by molar-refractivity contribution is 6.09. The highest BCUT2D eigenvalue weighted by atomic mass is 16.5. The fourth-order valence-corrected chi connectivity index (χ4v) is 5.33. The van der Waals surface area contributed by atoms with Crippen LogP contribution in [-0.2, 0) is 9.53 Å². The second-order valence-corrected chi connectivity index (χ2v) is 8.48. The third-order valence-corrected chi connectivity index (χ3v) is 6.70. The predicted molar refractivity (Wildman–Crippen MR) is 116 cm³/mol. The monoisotopic (exact) mass is 408 g/mol. The minimum absolute atomic E-state index is 0.171. The maximum atomic E-state index is 12.0. The standard InChI is InChI=1S/C22H28N6O2/c1-30-13-14-10-19(21(23)29)28(12-14)15-4-8-27(9-5-15)18-3-7-24-17-11-26-22-16(20(17)18)2-6-25-22/h2-3,6-7,11,14-15,19,24H,4-5,8-10,12-13H2,1H3,(H2,23,29). The number of likely N-dealkylation sites (tertiary alicyclic amines) is 1. The van der Waals surface area contributed by atoms with Crippen molar-refractivity contribution in [1.29, 1.82) is 0 Å². The molecule has 8 nitrogen and oxygen atoms in total. The van der Waals surface area contributed by atoms with Crippen LogP contribution in [0.4, 0.5) is 5.69 Å². The molecule has 3 aromatic heterocycles. The summed E-state index contributed by atoms with van der Waals surface area (Å²) in [6.07, 6.45) is 8.48. The molecule has 0 saturated carbocycles. The van der Waals surface area contributed by atoms with E-state index in [1.165, 1.54) is 11.1 Å². The molecule has 2 saturated heterocycles. The summed E-state index contributed by atoms with van der Waals surface area (Å²) >= 11 is 0. The number of nitrogens with zero attached hydrogens (tertiary/aromatic N) is 4. The molecule has 8 heteroatoms. The van der Waals surface area contributed by atoms with Crippen LogP contribution in [0.5, 0.6) is 0 Å². The number of hydrogen-bond acceptors (Lipinski definition) is 6. The molecule has 0 radical (unpaired) electrons. The van der Waals surface area contributed by atoms with Gasteiger partial charge in [-0.1, -0.05) is 0 Å². The molecular weight excluding hydrogens is 380 g/mol. The van der Waals surface area contributed by atoms with Crippen LogP contribution in [0.2, 0.25) is 0 Å². The van der Waals surface area contributed by atoms with Crippen LogP contribution >= 0.6 is 0 Å². The molecule has 0 spiro atoms. The molecule has 0 aromatic carbocycles. The van der Waals surface area contributed by atoms with Crippen LogP contribution < -0.4 is 10.6 Å². The molecular formula is C22H28N6O2. The van der Waals surface area contributed by atoms with Gasteiger partial charge >= 0.3 is 0 Å². The molecule has 1 amide bonds. The van der Waals surface area contributed by atoms with Gasteiger partial charge in [0.1, 0.15) is 0 Å². The van der Waals surface area contributed by atoms with E-state index < -0.39 is 0 Å². The molecule has 30 heavy (non-hydrogen) atoms. The van der Waals surface area contributed by atoms with Crippen LogP contribution in [-0.4, -0.2) is 71.2 Å². The molecule has 2 fully saturated rings. The van der Waals surface area contributed by atoms with Crippen LogP contribution in [0.25, 0.3) is 21.9 Å². The highest BCUT2D eigenvalue weighted by Gasteiger charge is 2.40. The Balaban J connectivity index is 1.36. The van der Waals surface area contributed by atoms with Gasteiger partial charge in [-0.15, -0.1) is 0 Å². The van der Waals surface area contributed by atoms with Crippen molar-refractivity contribution < 1.29 is 9.53 Å². The number of rotatable bonds is 5. The minimum atomic E-state index is -0.209. The number of pyridine rings is 2. The van der Waals surface area contributed by atoms with E-state index in [0.29, 0.717) is 18.6 Å². The van der Waals surface area contributed by atoms with Gasteiger partial charge in [0, 0.05) is 61.6 Å². The number of nitrogens with one attached hydrogen (secondary N) is 1. The molecule has 5 rings (SSSR count). The summed E-state index contributed by atoms with van der Waals surface area (Å²) in [5.41, 5.74) is 8.75. The smallest absolute Gasteiger partial charge is 0.234 e. The van der Waals surface area contributed by atoms with E-state index in [-0.39, 0.29) is 11.9 Å². The molecule has 2 atom stereocenters. The van der Waals surface area contributed by atoms with Crippen molar-refractivity contribution in [1.82, 2.24) is 19.9 Å². The molecule has 158 valence electrons. The number of anilines is 1. The van der Waals surface area contributed by atoms with Crippen LogP contribution in [0.1, 0.15) is 19.3 Å². The van der Waals surface area contributed by atoms with Crippen molar-refractivity contribution in [2.45, 2.75) is 31.3 Å². The van der Waals surface area contributed by atoms with Crippen molar-refractivity contribution in [3.05, 3.63) is 30.7 Å². The van der Waals surface area contributed by atoms with Crippen molar-refractivity contribution in [3.8, 4) is 0 Å². The summed E-state index contributed by atoms with van der Waals surface area (Å²) in [7, 11) is 1.72. The van der Waals surface area contributed by atoms with E-state index in [2.05, 4.69) is 30.8 Å². The third kappa shape index (κ3) is 3.30. The Morgan fingerprint density at radius 3 is 2.90 bits per heavy atom. The number of H-pyrrole nitrogens is 1. The summed E-state index contributed by atoms with van der Waals surface area (Å²) in [5.74, 6) is 0.170. The lowest BCUT2D eigenvalue weighted by Gasteiger charge is -2.40. The van der Waals surface area contributed by atoms with Crippen LogP contribution in [0.3, 0.4) is 0 Å². The Bertz CT molecular complexity index is 1060. The van der Waals surface area contributed by atoms with Gasteiger partial charge < -0.3 is 20.4 Å². The molecule has 3 N–H and O–H groups in total. The lowest BCUT2D eigenvalue weighted by atomic mass is 10.0. The van der Waals surface area contributed by atoms with Crippen molar-refractivity contribution >= 4 is 33.5 Å². The topological polar surface area (TPSA) is 100 Å². The molecule has 3 aromatic rings. The first-order chi connectivity index (χ1) is 14.7. The van der Waals surface area contributed by atoms with E-state index in [4.69, 9.17) is 10.5 Å². The van der Waals surface area contributed by atoms with E-state index >= 15 is 0 Å². The Morgan fingerprint density at radius 2 is 2.13 bits per heavy atom. The van der Waals surface area contributed by atoms with Gasteiger partial charge in [-0.25, -0.2) is 9.97 Å². The largest absolute Gasteiger partial charge is 0.384 e. The van der Waals surface area contributed by atoms with Crippen molar-refractivity contribution in [3.63, 3.8) is 0 Å². The fraction of sp³-hybridized carbons (Fsp3) is 0.500. The Labute approximate surface area is 175 Å². The average molecular weight is 409 g/mol. The first-order valence-corrected chi connectivity index (χ1v) is 10.7. The summed E-state index contributed by atoms with van der Waals surface area (Å²) in [4.78, 5) is 29.0. The maximum Gasteiger partial charge on any atom is 0.234 e. The lowest BCUT2D eigenvalue weighted by molar-refractivity contribution is -0.123. The second-order valence-electron chi connectivity index (χ2n) is 8.48. The molecule has 2 unspecified atom stereocenters. The predicted octanol–water partition coefficient (Wildman–Crippen LogP) is 1.90. The summed E-state index contributed by atoms with van der Waals surface area (Å²) in [5, 5.41) is 2.26. The number of hydrogen-bond donors (Lipinski definition) is 2. The first kappa shape index (κ1) is 19.3. The minimum Gasteiger partial charge on any atom is -0.384 e. The van der Waals surface area contributed by atoms with Gasteiger partial charge in [0.2, 0.25) is 5.91 Å². The number of amides is 1. The number of nitrogens with two attached hydrogens (primary N) is 1. The average Bonchev–Trinajstić information content (AvgIpc) is 3.41. The van der Waals surface area contributed by atoms with Crippen LogP contribution in [0, 0.1) is 5.92 Å². The normalized spacial score (nSPS) is 23.6. The number of carbonyl (C=O) groups is 1. The quantitative estimate of drug-likeness (QED) is 0.669. The van der Waals surface area contributed by atoms with Gasteiger partial charge in [0.15, 0.2) is 5.65 Å². The molecule has 0 aliphatic carbocycles. The molecule has 5 heterocycles. The van der Waals surface area contributed by atoms with Crippen molar-refractivity contribution in [2.75, 3.05) is 38.3 Å². The highest BCUT2D eigenvalue weighted by Crippen LogP contribution is 2.35. The van der Waals surface area contributed by atoms with Gasteiger partial charge in [0.25, 0.3) is 0 Å². The number of aromatic amines is 1. The summed E-state index contributed by atoms with van der Waals surface area (Å²) in [6.45, 7) is 3.46. The number of methoxy groups -OCH3 is 1. The third-order valence-electron chi connectivity index (χ3n) is 6.70. The number of piperidine rings is 1. The van der Waals surface area contributed by atoms with Crippen LogP contribution in [0.15, 0.2) is 30.7 Å².